The van der Waals surface area contributed by atoms with Crippen LogP contribution in [0.25, 0.3) is 0 Å². The first-order valence-electron chi connectivity index (χ1n) is 7.75. The second-order valence-corrected chi connectivity index (χ2v) is 7.10. The lowest BCUT2D eigenvalue weighted by molar-refractivity contribution is -0.149. The van der Waals surface area contributed by atoms with Crippen molar-refractivity contribution in [1.82, 2.24) is 4.90 Å². The van der Waals surface area contributed by atoms with Gasteiger partial charge in [0.25, 0.3) is 0 Å². The van der Waals surface area contributed by atoms with Crippen molar-refractivity contribution >= 4 is 12.4 Å². The molecule has 0 aromatic heterocycles. The first-order chi connectivity index (χ1) is 9.31. The van der Waals surface area contributed by atoms with Gasteiger partial charge in [0.2, 0.25) is 6.41 Å². The van der Waals surface area contributed by atoms with Crippen LogP contribution in [0.15, 0.2) is 0 Å². The minimum Gasteiger partial charge on any atom is -0.480 e. The van der Waals surface area contributed by atoms with Crippen LogP contribution < -0.4 is 0 Å². The van der Waals surface area contributed by atoms with Gasteiger partial charge in [-0.15, -0.1) is 0 Å². The third-order valence-electron chi connectivity index (χ3n) is 4.67. The molecule has 0 aliphatic heterocycles. The van der Waals surface area contributed by atoms with Crippen LogP contribution in [0, 0.1) is 17.3 Å². The smallest absolute Gasteiger partial charge is 0.326 e. The Labute approximate surface area is 122 Å². The molecule has 0 spiro atoms. The standard InChI is InChI=1S/C16H29NO3/c1-5-10-17(11-18)14(15(19)20)12-6-8-13(9-7-12)16(2,3)4/h11-14H,5-10H2,1-4H3,(H,19,20). The van der Waals surface area contributed by atoms with Gasteiger partial charge in [-0.05, 0) is 49.4 Å². The first kappa shape index (κ1) is 17.0. The number of hydrogen-bond acceptors (Lipinski definition) is 2. The molecular formula is C16H29NO3. The monoisotopic (exact) mass is 283 g/mol. The van der Waals surface area contributed by atoms with Crippen molar-refractivity contribution in [3.05, 3.63) is 0 Å². The Kier molecular flexibility index (Phi) is 6.03. The average Bonchev–Trinajstić information content (AvgIpc) is 2.37. The zero-order valence-electron chi connectivity index (χ0n) is 13.3. The van der Waals surface area contributed by atoms with E-state index in [2.05, 4.69) is 20.8 Å². The molecule has 20 heavy (non-hydrogen) atoms. The van der Waals surface area contributed by atoms with Gasteiger partial charge in [0, 0.05) is 6.54 Å². The molecular weight excluding hydrogens is 254 g/mol. The lowest BCUT2D eigenvalue weighted by Crippen LogP contribution is -2.47. The van der Waals surface area contributed by atoms with Gasteiger partial charge < -0.3 is 10.0 Å². The van der Waals surface area contributed by atoms with E-state index in [9.17, 15) is 14.7 Å². The highest BCUT2D eigenvalue weighted by Crippen LogP contribution is 2.41. The van der Waals surface area contributed by atoms with E-state index in [0.29, 0.717) is 18.9 Å². The largest absolute Gasteiger partial charge is 0.480 e. The number of aliphatic carboxylic acids is 1. The molecule has 1 aliphatic rings. The van der Waals surface area contributed by atoms with Crippen molar-refractivity contribution in [3.8, 4) is 0 Å². The molecule has 1 unspecified atom stereocenters. The number of amides is 1. The topological polar surface area (TPSA) is 57.6 Å². The van der Waals surface area contributed by atoms with Gasteiger partial charge in [0.15, 0.2) is 0 Å². The van der Waals surface area contributed by atoms with Crippen LogP contribution in [0.2, 0.25) is 0 Å². The van der Waals surface area contributed by atoms with E-state index in [1.807, 2.05) is 6.92 Å². The fraction of sp³-hybridized carbons (Fsp3) is 0.875. The normalized spacial score (nSPS) is 25.0. The molecule has 0 aromatic rings. The Hall–Kier alpha value is -1.06. The maximum absolute atomic E-state index is 11.6. The van der Waals surface area contributed by atoms with Crippen molar-refractivity contribution in [1.29, 1.82) is 0 Å². The van der Waals surface area contributed by atoms with Crippen molar-refractivity contribution in [3.63, 3.8) is 0 Å². The molecule has 1 rings (SSSR count). The van der Waals surface area contributed by atoms with Crippen molar-refractivity contribution in [2.75, 3.05) is 6.54 Å². The van der Waals surface area contributed by atoms with E-state index in [1.54, 1.807) is 0 Å². The van der Waals surface area contributed by atoms with E-state index < -0.39 is 12.0 Å². The molecule has 0 radical (unpaired) electrons. The minimum absolute atomic E-state index is 0.0999. The molecule has 4 nitrogen and oxygen atoms in total. The third kappa shape index (κ3) is 4.22. The summed E-state index contributed by atoms with van der Waals surface area (Å²) in [5, 5.41) is 9.48. The maximum Gasteiger partial charge on any atom is 0.326 e. The molecule has 116 valence electrons. The fourth-order valence-electron chi connectivity index (χ4n) is 3.43. The second-order valence-electron chi connectivity index (χ2n) is 7.10. The molecule has 1 N–H and O–H groups in total. The van der Waals surface area contributed by atoms with E-state index in [0.717, 1.165) is 32.1 Å². The van der Waals surface area contributed by atoms with Crippen LogP contribution in [0.3, 0.4) is 0 Å². The maximum atomic E-state index is 11.6. The Bertz CT molecular complexity index is 327. The average molecular weight is 283 g/mol. The molecule has 1 atom stereocenters. The number of hydrogen-bond donors (Lipinski definition) is 1. The summed E-state index contributed by atoms with van der Waals surface area (Å²) in [6.45, 7) is 9.25. The number of carbonyl (C=O) groups is 2. The van der Waals surface area contributed by atoms with Gasteiger partial charge in [-0.1, -0.05) is 27.7 Å². The summed E-state index contributed by atoms with van der Waals surface area (Å²) in [4.78, 5) is 24.2. The zero-order valence-corrected chi connectivity index (χ0v) is 13.3. The predicted octanol–water partition coefficient (Wildman–Crippen LogP) is 3.16. The van der Waals surface area contributed by atoms with E-state index in [4.69, 9.17) is 0 Å². The summed E-state index contributed by atoms with van der Waals surface area (Å²) in [5.41, 5.74) is 0.289. The molecule has 1 aliphatic carbocycles. The summed E-state index contributed by atoms with van der Waals surface area (Å²) in [6, 6.07) is -0.645. The Balaban J connectivity index is 2.71. The van der Waals surface area contributed by atoms with Crippen molar-refractivity contribution < 1.29 is 14.7 Å². The lowest BCUT2D eigenvalue weighted by atomic mass is 9.68. The summed E-state index contributed by atoms with van der Waals surface area (Å²) < 4.78 is 0. The minimum atomic E-state index is -0.857. The molecule has 1 saturated carbocycles. The first-order valence-corrected chi connectivity index (χ1v) is 7.75. The van der Waals surface area contributed by atoms with Gasteiger partial charge in [-0.3, -0.25) is 4.79 Å². The number of nitrogens with zero attached hydrogens (tertiary/aromatic N) is 1. The fourth-order valence-corrected chi connectivity index (χ4v) is 3.43. The van der Waals surface area contributed by atoms with E-state index >= 15 is 0 Å². The Morgan fingerprint density at radius 3 is 2.20 bits per heavy atom. The summed E-state index contributed by atoms with van der Waals surface area (Å²) in [6.07, 6.45) is 5.45. The third-order valence-corrected chi connectivity index (χ3v) is 4.67. The van der Waals surface area contributed by atoms with Gasteiger partial charge in [-0.25, -0.2) is 4.79 Å². The van der Waals surface area contributed by atoms with Crippen LogP contribution in [0.5, 0.6) is 0 Å². The quantitative estimate of drug-likeness (QED) is 0.762. The van der Waals surface area contributed by atoms with Gasteiger partial charge in [0.1, 0.15) is 6.04 Å². The molecule has 0 heterocycles. The highest BCUT2D eigenvalue weighted by molar-refractivity contribution is 5.76. The number of rotatable bonds is 6. The SMILES string of the molecule is CCCN(C=O)C(C(=O)O)C1CCC(C(C)(C)C)CC1. The van der Waals surface area contributed by atoms with Gasteiger partial charge in [0.05, 0.1) is 0 Å². The van der Waals surface area contributed by atoms with Crippen molar-refractivity contribution in [2.45, 2.75) is 65.8 Å². The van der Waals surface area contributed by atoms with E-state index in [1.165, 1.54) is 4.90 Å². The summed E-state index contributed by atoms with van der Waals surface area (Å²) >= 11 is 0. The second kappa shape index (κ2) is 7.09. The molecule has 0 saturated heterocycles. The number of carbonyl (C=O) groups excluding carboxylic acids is 1. The van der Waals surface area contributed by atoms with E-state index in [-0.39, 0.29) is 11.3 Å². The molecule has 0 bridgehead atoms. The number of carboxylic acids is 1. The van der Waals surface area contributed by atoms with Crippen LogP contribution >= 0.6 is 0 Å². The highest BCUT2D eigenvalue weighted by atomic mass is 16.4. The number of carboxylic acid groups (broad SMARTS) is 1. The molecule has 1 amide bonds. The van der Waals surface area contributed by atoms with Crippen LogP contribution in [0.1, 0.15) is 59.8 Å². The summed E-state index contributed by atoms with van der Waals surface area (Å²) in [5.74, 6) is -0.100. The molecule has 1 fully saturated rings. The Morgan fingerprint density at radius 1 is 1.30 bits per heavy atom. The van der Waals surface area contributed by atoms with Crippen LogP contribution in [0.4, 0.5) is 0 Å². The zero-order chi connectivity index (χ0) is 15.3. The lowest BCUT2D eigenvalue weighted by Gasteiger charge is -2.40. The van der Waals surface area contributed by atoms with Gasteiger partial charge in [-0.2, -0.15) is 0 Å². The van der Waals surface area contributed by atoms with Gasteiger partial charge >= 0.3 is 5.97 Å². The Morgan fingerprint density at radius 2 is 1.85 bits per heavy atom. The highest BCUT2D eigenvalue weighted by Gasteiger charge is 2.37. The molecule has 4 heteroatoms. The summed E-state index contributed by atoms with van der Waals surface area (Å²) in [7, 11) is 0. The van der Waals surface area contributed by atoms with Crippen molar-refractivity contribution in [2.24, 2.45) is 17.3 Å². The molecule has 0 aromatic carbocycles. The van der Waals surface area contributed by atoms with Crippen LogP contribution in [-0.2, 0) is 9.59 Å². The predicted molar refractivity (Wildman–Crippen MR) is 79.4 cm³/mol. The van der Waals surface area contributed by atoms with Crippen LogP contribution in [-0.4, -0.2) is 35.0 Å².